The van der Waals surface area contributed by atoms with Crippen LogP contribution in [0.15, 0.2) is 41.6 Å². The van der Waals surface area contributed by atoms with E-state index < -0.39 is 0 Å². The Labute approximate surface area is 121 Å². The number of anilines is 2. The second kappa shape index (κ2) is 6.56. The molecule has 3 N–H and O–H groups in total. The van der Waals surface area contributed by atoms with Gasteiger partial charge in [-0.25, -0.2) is 4.98 Å². The quantitative estimate of drug-likeness (QED) is 0.795. The summed E-state index contributed by atoms with van der Waals surface area (Å²) in [6, 6.07) is 6.35. The molecule has 0 aliphatic carbocycles. The van der Waals surface area contributed by atoms with Crippen LogP contribution < -0.4 is 21.3 Å². The van der Waals surface area contributed by atoms with Crippen molar-refractivity contribution in [3.63, 3.8) is 0 Å². The van der Waals surface area contributed by atoms with Crippen molar-refractivity contribution in [3.05, 3.63) is 47.1 Å². The molecule has 1 aromatic heterocycles. The summed E-state index contributed by atoms with van der Waals surface area (Å²) >= 11 is 0. The van der Waals surface area contributed by atoms with Crippen LogP contribution in [0.3, 0.4) is 0 Å². The molecule has 0 saturated heterocycles. The minimum Gasteiger partial charge on any atom is -0.497 e. The number of aryl methyl sites for hydroxylation is 1. The lowest BCUT2D eigenvalue weighted by Gasteiger charge is -2.10. The van der Waals surface area contributed by atoms with Crippen molar-refractivity contribution in [1.82, 2.24) is 9.55 Å². The van der Waals surface area contributed by atoms with Crippen LogP contribution in [0.2, 0.25) is 0 Å². The molecule has 2 rings (SSSR count). The van der Waals surface area contributed by atoms with E-state index in [1.807, 2.05) is 0 Å². The third-order valence-corrected chi connectivity index (χ3v) is 2.90. The Kier molecular flexibility index (Phi) is 4.55. The summed E-state index contributed by atoms with van der Waals surface area (Å²) < 4.78 is 6.41. The second-order valence-corrected chi connectivity index (χ2v) is 4.36. The van der Waals surface area contributed by atoms with Crippen molar-refractivity contribution in [3.8, 4) is 5.75 Å². The smallest absolute Gasteiger partial charge is 0.253 e. The van der Waals surface area contributed by atoms with Gasteiger partial charge in [0.15, 0.2) is 0 Å². The fourth-order valence-electron chi connectivity index (χ4n) is 1.76. The number of hydrogen-bond acceptors (Lipinski definition) is 5. The molecule has 7 nitrogen and oxygen atoms in total. The minimum absolute atomic E-state index is 0.150. The lowest BCUT2D eigenvalue weighted by atomic mass is 10.2. The molecule has 7 heteroatoms. The largest absolute Gasteiger partial charge is 0.497 e. The van der Waals surface area contributed by atoms with Crippen LogP contribution in [0.1, 0.15) is 6.42 Å². The Morgan fingerprint density at radius 2 is 2.24 bits per heavy atom. The van der Waals surface area contributed by atoms with Gasteiger partial charge in [0.05, 0.1) is 24.8 Å². The number of rotatable bonds is 5. The summed E-state index contributed by atoms with van der Waals surface area (Å²) in [6.07, 6.45) is 2.96. The molecule has 0 aliphatic heterocycles. The van der Waals surface area contributed by atoms with E-state index in [1.54, 1.807) is 25.3 Å². The van der Waals surface area contributed by atoms with E-state index in [0.717, 1.165) is 0 Å². The Bertz CT molecular complexity index is 697. The number of nitrogens with two attached hydrogens (primary N) is 1. The van der Waals surface area contributed by atoms with Gasteiger partial charge in [-0.1, -0.05) is 0 Å². The molecule has 21 heavy (non-hydrogen) atoms. The zero-order valence-electron chi connectivity index (χ0n) is 11.6. The van der Waals surface area contributed by atoms with Crippen molar-refractivity contribution in [1.29, 1.82) is 0 Å². The van der Waals surface area contributed by atoms with Crippen molar-refractivity contribution in [2.75, 3.05) is 18.2 Å². The first-order valence-corrected chi connectivity index (χ1v) is 6.34. The minimum atomic E-state index is -0.234. The van der Waals surface area contributed by atoms with Gasteiger partial charge in [0, 0.05) is 31.3 Å². The number of aromatic nitrogens is 2. The molecule has 0 spiro atoms. The monoisotopic (exact) mass is 288 g/mol. The van der Waals surface area contributed by atoms with Crippen LogP contribution in [0.5, 0.6) is 5.75 Å². The summed E-state index contributed by atoms with van der Waals surface area (Å²) in [7, 11) is 1.54. The number of hydrogen-bond donors (Lipinski definition) is 2. The van der Waals surface area contributed by atoms with Crippen LogP contribution in [0.25, 0.3) is 0 Å². The Balaban J connectivity index is 1.96. The molecule has 1 amide bonds. The van der Waals surface area contributed by atoms with Gasteiger partial charge in [-0.15, -0.1) is 0 Å². The van der Waals surface area contributed by atoms with Gasteiger partial charge in [-0.05, 0) is 12.1 Å². The molecule has 0 radical (unpaired) electrons. The van der Waals surface area contributed by atoms with Gasteiger partial charge in [0.1, 0.15) is 5.75 Å². The number of ether oxygens (including phenoxy) is 1. The van der Waals surface area contributed by atoms with Crippen molar-refractivity contribution in [2.45, 2.75) is 13.0 Å². The maximum atomic E-state index is 11.9. The van der Waals surface area contributed by atoms with Crippen molar-refractivity contribution >= 4 is 17.3 Å². The summed E-state index contributed by atoms with van der Waals surface area (Å²) in [5.74, 6) is 0.384. The topological polar surface area (TPSA) is 99.2 Å². The number of benzene rings is 1. The van der Waals surface area contributed by atoms with E-state index in [2.05, 4.69) is 10.3 Å². The molecule has 0 aliphatic rings. The predicted molar refractivity (Wildman–Crippen MR) is 79.2 cm³/mol. The molecule has 1 heterocycles. The number of nitrogen functional groups attached to an aromatic ring is 1. The summed E-state index contributed by atoms with van der Waals surface area (Å²) in [6.45, 7) is 0.258. The highest BCUT2D eigenvalue weighted by Crippen LogP contribution is 2.24. The van der Waals surface area contributed by atoms with E-state index in [1.165, 1.54) is 23.2 Å². The summed E-state index contributed by atoms with van der Waals surface area (Å²) in [5, 5.41) is 2.70. The Morgan fingerprint density at radius 1 is 1.43 bits per heavy atom. The van der Waals surface area contributed by atoms with Crippen LogP contribution in [0, 0.1) is 0 Å². The molecule has 2 aromatic rings. The molecular formula is C14H16N4O3. The number of nitrogens with one attached hydrogen (secondary N) is 1. The average Bonchev–Trinajstić information content (AvgIpc) is 2.48. The third-order valence-electron chi connectivity index (χ3n) is 2.90. The van der Waals surface area contributed by atoms with Crippen molar-refractivity contribution < 1.29 is 9.53 Å². The average molecular weight is 288 g/mol. The first-order valence-electron chi connectivity index (χ1n) is 6.34. The first kappa shape index (κ1) is 14.6. The SMILES string of the molecule is COc1ccc(NC(=O)CCn2cnccc2=O)c(N)c1. The summed E-state index contributed by atoms with van der Waals surface area (Å²) in [5.41, 5.74) is 6.55. The van der Waals surface area contributed by atoms with Gasteiger partial charge in [0.2, 0.25) is 5.91 Å². The zero-order valence-corrected chi connectivity index (χ0v) is 11.6. The molecule has 0 unspecified atom stereocenters. The highest BCUT2D eigenvalue weighted by molar-refractivity contribution is 5.93. The summed E-state index contributed by atoms with van der Waals surface area (Å²) in [4.78, 5) is 27.2. The van der Waals surface area contributed by atoms with E-state index >= 15 is 0 Å². The third kappa shape index (κ3) is 3.82. The number of amides is 1. The Hall–Kier alpha value is -2.83. The van der Waals surface area contributed by atoms with E-state index in [-0.39, 0.29) is 24.4 Å². The van der Waals surface area contributed by atoms with E-state index in [4.69, 9.17) is 10.5 Å². The normalized spacial score (nSPS) is 10.1. The van der Waals surface area contributed by atoms with Crippen LogP contribution in [0.4, 0.5) is 11.4 Å². The van der Waals surface area contributed by atoms with Gasteiger partial charge < -0.3 is 15.8 Å². The molecule has 110 valence electrons. The van der Waals surface area contributed by atoms with Gasteiger partial charge in [-0.2, -0.15) is 0 Å². The molecular weight excluding hydrogens is 272 g/mol. The maximum Gasteiger partial charge on any atom is 0.253 e. The highest BCUT2D eigenvalue weighted by atomic mass is 16.5. The van der Waals surface area contributed by atoms with Gasteiger partial charge >= 0.3 is 0 Å². The van der Waals surface area contributed by atoms with Crippen LogP contribution in [-0.2, 0) is 11.3 Å². The first-order chi connectivity index (χ1) is 10.1. The molecule has 1 aromatic carbocycles. The predicted octanol–water partition coefficient (Wildman–Crippen LogP) is 0.863. The lowest BCUT2D eigenvalue weighted by Crippen LogP contribution is -2.22. The maximum absolute atomic E-state index is 11.9. The van der Waals surface area contributed by atoms with E-state index in [0.29, 0.717) is 17.1 Å². The molecule has 0 saturated carbocycles. The van der Waals surface area contributed by atoms with Crippen LogP contribution >= 0.6 is 0 Å². The standard InChI is InChI=1S/C14H16N4O3/c1-21-10-2-3-12(11(15)8-10)17-13(19)5-7-18-9-16-6-4-14(18)20/h2-4,6,8-9H,5,7,15H2,1H3,(H,17,19). The number of nitrogens with zero attached hydrogens (tertiary/aromatic N) is 2. The number of carbonyl (C=O) groups is 1. The van der Waals surface area contributed by atoms with Gasteiger partial charge in [0.25, 0.3) is 5.56 Å². The molecule has 0 fully saturated rings. The number of carbonyl (C=O) groups excluding carboxylic acids is 1. The zero-order chi connectivity index (χ0) is 15.2. The fourth-order valence-corrected chi connectivity index (χ4v) is 1.76. The van der Waals surface area contributed by atoms with Crippen LogP contribution in [-0.4, -0.2) is 22.6 Å². The Morgan fingerprint density at radius 3 is 2.90 bits per heavy atom. The van der Waals surface area contributed by atoms with Gasteiger partial charge in [-0.3, -0.25) is 14.2 Å². The molecule has 0 bridgehead atoms. The van der Waals surface area contributed by atoms with E-state index in [9.17, 15) is 9.59 Å². The van der Waals surface area contributed by atoms with Crippen molar-refractivity contribution in [2.24, 2.45) is 0 Å². The lowest BCUT2D eigenvalue weighted by molar-refractivity contribution is -0.116. The second-order valence-electron chi connectivity index (χ2n) is 4.36. The highest BCUT2D eigenvalue weighted by Gasteiger charge is 2.07. The molecule has 0 atom stereocenters. The fraction of sp³-hybridized carbons (Fsp3) is 0.214. The number of methoxy groups -OCH3 is 1.